The molecule has 5 heteroatoms. The quantitative estimate of drug-likeness (QED) is 0.623. The molecule has 0 saturated heterocycles. The van der Waals surface area contributed by atoms with Gasteiger partial charge in [-0.3, -0.25) is 9.51 Å². The van der Waals surface area contributed by atoms with Crippen LogP contribution in [-0.4, -0.2) is 23.9 Å². The van der Waals surface area contributed by atoms with Crippen LogP contribution in [-0.2, 0) is 11.2 Å². The third-order valence-electron chi connectivity index (χ3n) is 1.25. The number of ether oxygens (including phenoxy) is 1. The van der Waals surface area contributed by atoms with Gasteiger partial charge in [-0.1, -0.05) is 5.16 Å². The number of hydrogen-bond acceptors (Lipinski definition) is 4. The zero-order chi connectivity index (χ0) is 8.10. The van der Waals surface area contributed by atoms with E-state index in [0.717, 1.165) is 6.42 Å². The molecular weight excluding hydrogens is 148 g/mol. The maximum Gasteiger partial charge on any atom is 0.438 e. The van der Waals surface area contributed by atoms with Crippen molar-refractivity contribution < 1.29 is 9.26 Å². The van der Waals surface area contributed by atoms with Gasteiger partial charge < -0.3 is 4.74 Å². The second-order valence-corrected chi connectivity index (χ2v) is 2.14. The molecule has 1 heterocycles. The second kappa shape index (κ2) is 3.92. The van der Waals surface area contributed by atoms with E-state index in [0.29, 0.717) is 18.9 Å². The lowest BCUT2D eigenvalue weighted by Crippen LogP contribution is -1.98. The maximum absolute atomic E-state index is 10.4. The largest absolute Gasteiger partial charge is 0.438 e. The summed E-state index contributed by atoms with van der Waals surface area (Å²) < 4.78 is 9.11. The number of aromatic amines is 1. The first kappa shape index (κ1) is 8.00. The van der Waals surface area contributed by atoms with Crippen LogP contribution in [0.2, 0.25) is 0 Å². The Morgan fingerprint density at radius 2 is 2.55 bits per heavy atom. The summed E-state index contributed by atoms with van der Waals surface area (Å²) in [7, 11) is 1.63. The first-order chi connectivity index (χ1) is 5.33. The Hall–Kier alpha value is -1.10. The molecule has 0 unspecified atom stereocenters. The summed E-state index contributed by atoms with van der Waals surface area (Å²) in [4.78, 5) is 12.9. The highest BCUT2D eigenvalue weighted by atomic mass is 16.5. The molecule has 0 aliphatic carbocycles. The number of aryl methyl sites for hydroxylation is 1. The fraction of sp³-hybridized carbons (Fsp3) is 0.667. The van der Waals surface area contributed by atoms with Crippen LogP contribution in [0.25, 0.3) is 0 Å². The number of nitrogens with zero attached hydrogens (tertiary/aromatic N) is 1. The van der Waals surface area contributed by atoms with Crippen LogP contribution in [0.5, 0.6) is 0 Å². The monoisotopic (exact) mass is 158 g/mol. The highest BCUT2D eigenvalue weighted by Gasteiger charge is 1.98. The third kappa shape index (κ3) is 2.55. The SMILES string of the molecule is COCCCc1noc(=O)[nH]1. The standard InChI is InChI=1S/C6H10N2O3/c1-10-4-2-3-5-7-6(9)11-8-5/h2-4H2,1H3,(H,7,8,9). The van der Waals surface area contributed by atoms with E-state index in [1.165, 1.54) is 0 Å². The average Bonchev–Trinajstić information content (AvgIpc) is 2.37. The number of nitrogens with one attached hydrogen (secondary N) is 1. The summed E-state index contributed by atoms with van der Waals surface area (Å²) >= 11 is 0. The zero-order valence-corrected chi connectivity index (χ0v) is 6.29. The van der Waals surface area contributed by atoms with Crippen molar-refractivity contribution in [1.82, 2.24) is 10.1 Å². The molecule has 1 aromatic heterocycles. The number of aromatic nitrogens is 2. The Kier molecular flexibility index (Phi) is 2.85. The molecule has 0 atom stereocenters. The van der Waals surface area contributed by atoms with Gasteiger partial charge in [0.25, 0.3) is 0 Å². The van der Waals surface area contributed by atoms with Crippen LogP contribution in [0, 0.1) is 0 Å². The van der Waals surface area contributed by atoms with Gasteiger partial charge >= 0.3 is 5.76 Å². The van der Waals surface area contributed by atoms with Crippen molar-refractivity contribution in [2.75, 3.05) is 13.7 Å². The van der Waals surface area contributed by atoms with E-state index in [4.69, 9.17) is 4.74 Å². The molecule has 0 aromatic carbocycles. The molecule has 5 nitrogen and oxygen atoms in total. The molecule has 62 valence electrons. The van der Waals surface area contributed by atoms with Crippen molar-refractivity contribution in [3.63, 3.8) is 0 Å². The Morgan fingerprint density at radius 1 is 1.73 bits per heavy atom. The van der Waals surface area contributed by atoms with Crippen molar-refractivity contribution in [2.45, 2.75) is 12.8 Å². The molecule has 0 aliphatic heterocycles. The minimum atomic E-state index is -0.502. The van der Waals surface area contributed by atoms with E-state index < -0.39 is 5.76 Å². The van der Waals surface area contributed by atoms with E-state index >= 15 is 0 Å². The molecule has 0 radical (unpaired) electrons. The molecule has 1 rings (SSSR count). The predicted molar refractivity (Wildman–Crippen MR) is 37.3 cm³/mol. The molecule has 0 fully saturated rings. The van der Waals surface area contributed by atoms with Crippen molar-refractivity contribution in [2.24, 2.45) is 0 Å². The van der Waals surface area contributed by atoms with Crippen molar-refractivity contribution >= 4 is 0 Å². The van der Waals surface area contributed by atoms with Crippen LogP contribution < -0.4 is 5.76 Å². The Bertz CT molecular complexity index is 252. The first-order valence-corrected chi connectivity index (χ1v) is 3.36. The van der Waals surface area contributed by atoms with E-state index in [-0.39, 0.29) is 0 Å². The van der Waals surface area contributed by atoms with E-state index in [9.17, 15) is 4.79 Å². The minimum Gasteiger partial charge on any atom is -0.385 e. The van der Waals surface area contributed by atoms with Gasteiger partial charge in [0.05, 0.1) is 0 Å². The van der Waals surface area contributed by atoms with Gasteiger partial charge in [0.2, 0.25) is 0 Å². The number of rotatable bonds is 4. The lowest BCUT2D eigenvalue weighted by atomic mass is 10.3. The normalized spacial score (nSPS) is 10.3. The Morgan fingerprint density at radius 3 is 3.09 bits per heavy atom. The van der Waals surface area contributed by atoms with Gasteiger partial charge in [0.1, 0.15) is 0 Å². The van der Waals surface area contributed by atoms with Crippen LogP contribution in [0.1, 0.15) is 12.2 Å². The molecule has 0 saturated carbocycles. The molecule has 0 spiro atoms. The number of H-pyrrole nitrogens is 1. The molecular formula is C6H10N2O3. The molecule has 11 heavy (non-hydrogen) atoms. The maximum atomic E-state index is 10.4. The summed E-state index contributed by atoms with van der Waals surface area (Å²) in [5.74, 6) is 0.0736. The molecule has 0 bridgehead atoms. The topological polar surface area (TPSA) is 68.1 Å². The summed E-state index contributed by atoms with van der Waals surface area (Å²) in [6.45, 7) is 0.662. The van der Waals surface area contributed by atoms with E-state index in [1.54, 1.807) is 7.11 Å². The zero-order valence-electron chi connectivity index (χ0n) is 6.29. The molecule has 0 amide bonds. The van der Waals surface area contributed by atoms with Gasteiger partial charge in [0.15, 0.2) is 5.82 Å². The third-order valence-corrected chi connectivity index (χ3v) is 1.25. The van der Waals surface area contributed by atoms with Crippen LogP contribution >= 0.6 is 0 Å². The number of methoxy groups -OCH3 is 1. The van der Waals surface area contributed by atoms with Crippen molar-refractivity contribution in [3.8, 4) is 0 Å². The first-order valence-electron chi connectivity index (χ1n) is 3.36. The van der Waals surface area contributed by atoms with Crippen LogP contribution in [0.15, 0.2) is 9.32 Å². The average molecular weight is 158 g/mol. The summed E-state index contributed by atoms with van der Waals surface area (Å²) in [6.07, 6.45) is 1.51. The van der Waals surface area contributed by atoms with E-state index in [2.05, 4.69) is 14.7 Å². The van der Waals surface area contributed by atoms with Crippen molar-refractivity contribution in [3.05, 3.63) is 16.4 Å². The van der Waals surface area contributed by atoms with E-state index in [1.807, 2.05) is 0 Å². The summed E-state index contributed by atoms with van der Waals surface area (Å²) in [5, 5.41) is 3.49. The minimum absolute atomic E-state index is 0.502. The molecule has 0 aliphatic rings. The van der Waals surface area contributed by atoms with Crippen LogP contribution in [0.4, 0.5) is 0 Å². The molecule has 1 aromatic rings. The van der Waals surface area contributed by atoms with Crippen molar-refractivity contribution in [1.29, 1.82) is 0 Å². The number of hydrogen-bond donors (Lipinski definition) is 1. The Balaban J connectivity index is 2.33. The van der Waals surface area contributed by atoms with Gasteiger partial charge in [-0.2, -0.15) is 0 Å². The van der Waals surface area contributed by atoms with Gasteiger partial charge in [0, 0.05) is 20.1 Å². The smallest absolute Gasteiger partial charge is 0.385 e. The fourth-order valence-corrected chi connectivity index (χ4v) is 0.752. The lowest BCUT2D eigenvalue weighted by molar-refractivity contribution is 0.194. The van der Waals surface area contributed by atoms with Gasteiger partial charge in [-0.15, -0.1) is 0 Å². The van der Waals surface area contributed by atoms with Gasteiger partial charge in [-0.05, 0) is 6.42 Å². The second-order valence-electron chi connectivity index (χ2n) is 2.14. The molecule has 1 N–H and O–H groups in total. The lowest BCUT2D eigenvalue weighted by Gasteiger charge is -1.93. The van der Waals surface area contributed by atoms with Gasteiger partial charge in [-0.25, -0.2) is 4.79 Å². The summed E-state index contributed by atoms with van der Waals surface area (Å²) in [5.41, 5.74) is 0. The summed E-state index contributed by atoms with van der Waals surface area (Å²) in [6, 6.07) is 0. The highest BCUT2D eigenvalue weighted by Crippen LogP contribution is 1.91. The predicted octanol–water partition coefficient (Wildman–Crippen LogP) is -0.0581. The highest BCUT2D eigenvalue weighted by molar-refractivity contribution is 4.77. The van der Waals surface area contributed by atoms with Crippen LogP contribution in [0.3, 0.4) is 0 Å². The fourth-order valence-electron chi connectivity index (χ4n) is 0.752. The Labute approximate surface area is 63.4 Å².